The van der Waals surface area contributed by atoms with E-state index >= 15 is 0 Å². The molecule has 1 aromatic rings. The van der Waals surface area contributed by atoms with Gasteiger partial charge in [-0.25, -0.2) is 4.98 Å². The number of nitrogens with zero attached hydrogens (tertiary/aromatic N) is 1. The Kier molecular flexibility index (Phi) is 2.48. The number of rotatable bonds is 1. The monoisotopic (exact) mass is 251 g/mol. The van der Waals surface area contributed by atoms with Gasteiger partial charge in [0.15, 0.2) is 16.3 Å². The second-order valence-corrected chi connectivity index (χ2v) is 2.63. The Labute approximate surface area is 69.8 Å². The largest absolute Gasteiger partial charge is 0.398 e. The molecule has 1 aromatic heterocycles. The second-order valence-electron chi connectivity index (χ2n) is 1.39. The topological polar surface area (TPSA) is 22.1 Å². The Morgan fingerprint density at radius 3 is 2.67 bits per heavy atom. The molecule has 0 atom stereocenters. The normalized spacial score (nSPS) is 9.11. The van der Waals surface area contributed by atoms with Crippen molar-refractivity contribution < 1.29 is 3.83 Å². The highest BCUT2D eigenvalue weighted by Crippen LogP contribution is 2.12. The standard InChI is InChI=1S/C5H3Br2NO/c6-4-1-2-5(9-7)8-3-4/h1-3H. The first-order valence-corrected chi connectivity index (χ1v) is 3.67. The molecule has 4 heteroatoms. The van der Waals surface area contributed by atoms with Gasteiger partial charge in [-0.05, 0) is 22.0 Å². The summed E-state index contributed by atoms with van der Waals surface area (Å²) in [5, 5.41) is 0. The smallest absolute Gasteiger partial charge is 0.227 e. The molecule has 0 aliphatic rings. The van der Waals surface area contributed by atoms with Crippen molar-refractivity contribution in [2.24, 2.45) is 0 Å². The molecular formula is C5H3Br2NO. The lowest BCUT2D eigenvalue weighted by Crippen LogP contribution is -1.77. The Morgan fingerprint density at radius 2 is 2.22 bits per heavy atom. The molecule has 0 aliphatic carbocycles. The molecule has 0 spiro atoms. The number of pyridine rings is 1. The molecular weight excluding hydrogens is 250 g/mol. The van der Waals surface area contributed by atoms with E-state index in [0.717, 1.165) is 4.47 Å². The highest BCUT2D eigenvalue weighted by Gasteiger charge is 1.89. The van der Waals surface area contributed by atoms with Gasteiger partial charge in [0.1, 0.15) is 0 Å². The predicted molar refractivity (Wildman–Crippen MR) is 41.5 cm³/mol. The maximum Gasteiger partial charge on any atom is 0.227 e. The summed E-state index contributed by atoms with van der Waals surface area (Å²) in [6, 6.07) is 3.60. The van der Waals surface area contributed by atoms with Crippen LogP contribution in [0.3, 0.4) is 0 Å². The Balaban J connectivity index is 2.88. The van der Waals surface area contributed by atoms with Crippen LogP contribution < -0.4 is 3.83 Å². The molecule has 0 amide bonds. The summed E-state index contributed by atoms with van der Waals surface area (Å²) in [5.74, 6) is 0.554. The molecule has 0 aromatic carbocycles. The van der Waals surface area contributed by atoms with Gasteiger partial charge in [-0.3, -0.25) is 0 Å². The number of hydrogen-bond acceptors (Lipinski definition) is 2. The minimum atomic E-state index is 0.554. The summed E-state index contributed by atoms with van der Waals surface area (Å²) in [5.41, 5.74) is 0. The maximum atomic E-state index is 4.65. The summed E-state index contributed by atoms with van der Waals surface area (Å²) in [6.45, 7) is 0. The van der Waals surface area contributed by atoms with Crippen LogP contribution in [0.4, 0.5) is 0 Å². The SMILES string of the molecule is BrOc1ccc(Br)cn1. The number of hydrogen-bond donors (Lipinski definition) is 0. The quantitative estimate of drug-likeness (QED) is 0.767. The zero-order valence-corrected chi connectivity index (χ0v) is 7.52. The summed E-state index contributed by atoms with van der Waals surface area (Å²) in [6.07, 6.45) is 1.66. The fourth-order valence-electron chi connectivity index (χ4n) is 0.408. The van der Waals surface area contributed by atoms with Crippen LogP contribution in [0.2, 0.25) is 0 Å². The van der Waals surface area contributed by atoms with Gasteiger partial charge in [0, 0.05) is 16.7 Å². The molecule has 0 fully saturated rings. The molecule has 0 unspecified atom stereocenters. The van der Waals surface area contributed by atoms with Crippen LogP contribution in [0.15, 0.2) is 22.8 Å². The third kappa shape index (κ3) is 1.95. The molecule has 2 nitrogen and oxygen atoms in total. The van der Waals surface area contributed by atoms with Crippen molar-refractivity contribution in [3.05, 3.63) is 22.8 Å². The van der Waals surface area contributed by atoms with E-state index in [2.05, 4.69) is 41.0 Å². The van der Waals surface area contributed by atoms with Gasteiger partial charge in [0.05, 0.1) is 0 Å². The third-order valence-corrected chi connectivity index (χ3v) is 1.58. The van der Waals surface area contributed by atoms with Gasteiger partial charge in [0.2, 0.25) is 5.88 Å². The minimum absolute atomic E-state index is 0.554. The van der Waals surface area contributed by atoms with Gasteiger partial charge >= 0.3 is 0 Å². The van der Waals surface area contributed by atoms with Gasteiger partial charge in [0.25, 0.3) is 0 Å². The van der Waals surface area contributed by atoms with Crippen LogP contribution in [0.5, 0.6) is 5.88 Å². The van der Waals surface area contributed by atoms with Crippen molar-refractivity contribution in [3.63, 3.8) is 0 Å². The van der Waals surface area contributed by atoms with Crippen LogP contribution >= 0.6 is 32.2 Å². The third-order valence-electron chi connectivity index (χ3n) is 0.779. The van der Waals surface area contributed by atoms with Gasteiger partial charge in [-0.15, -0.1) is 0 Å². The molecule has 0 saturated heterocycles. The highest BCUT2D eigenvalue weighted by molar-refractivity contribution is 9.10. The molecule has 0 N–H and O–H groups in total. The molecule has 1 rings (SSSR count). The highest BCUT2D eigenvalue weighted by atomic mass is 79.9. The van der Waals surface area contributed by atoms with Crippen molar-refractivity contribution in [1.29, 1.82) is 0 Å². The molecule has 48 valence electrons. The first kappa shape index (κ1) is 7.02. The lowest BCUT2D eigenvalue weighted by Gasteiger charge is -1.92. The predicted octanol–water partition coefficient (Wildman–Crippen LogP) is 2.53. The average molecular weight is 253 g/mol. The van der Waals surface area contributed by atoms with Crippen molar-refractivity contribution in [2.75, 3.05) is 0 Å². The first-order valence-electron chi connectivity index (χ1n) is 2.23. The van der Waals surface area contributed by atoms with Crippen molar-refractivity contribution >= 4 is 32.2 Å². The second kappa shape index (κ2) is 3.17. The van der Waals surface area contributed by atoms with Crippen molar-refractivity contribution in [1.82, 2.24) is 4.98 Å². The van der Waals surface area contributed by atoms with E-state index in [4.69, 9.17) is 0 Å². The maximum absolute atomic E-state index is 4.65. The van der Waals surface area contributed by atoms with E-state index in [9.17, 15) is 0 Å². The van der Waals surface area contributed by atoms with Crippen LogP contribution in [-0.2, 0) is 0 Å². The number of halogens is 2. The van der Waals surface area contributed by atoms with Crippen LogP contribution in [0.1, 0.15) is 0 Å². The Morgan fingerprint density at radius 1 is 1.44 bits per heavy atom. The van der Waals surface area contributed by atoms with E-state index in [1.54, 1.807) is 12.3 Å². The molecule has 0 saturated carbocycles. The fourth-order valence-corrected chi connectivity index (χ4v) is 0.834. The number of aromatic nitrogens is 1. The molecule has 0 bridgehead atoms. The summed E-state index contributed by atoms with van der Waals surface area (Å²) >= 11 is 6.05. The van der Waals surface area contributed by atoms with E-state index in [1.807, 2.05) is 6.07 Å². The van der Waals surface area contributed by atoms with Crippen LogP contribution in [0.25, 0.3) is 0 Å². The lowest BCUT2D eigenvalue weighted by atomic mass is 10.5. The average Bonchev–Trinajstić information content (AvgIpc) is 1.90. The van der Waals surface area contributed by atoms with Crippen molar-refractivity contribution in [3.8, 4) is 5.88 Å². The lowest BCUT2D eigenvalue weighted by molar-refractivity contribution is 0.645. The van der Waals surface area contributed by atoms with Gasteiger partial charge < -0.3 is 3.83 Å². The van der Waals surface area contributed by atoms with Crippen molar-refractivity contribution in [2.45, 2.75) is 0 Å². The van der Waals surface area contributed by atoms with E-state index in [1.165, 1.54) is 0 Å². The minimum Gasteiger partial charge on any atom is -0.398 e. The van der Waals surface area contributed by atoms with E-state index < -0.39 is 0 Å². The van der Waals surface area contributed by atoms with Crippen LogP contribution in [-0.4, -0.2) is 4.98 Å². The summed E-state index contributed by atoms with van der Waals surface area (Å²) in [7, 11) is 0. The van der Waals surface area contributed by atoms with Crippen LogP contribution in [0, 0.1) is 0 Å². The van der Waals surface area contributed by atoms with Gasteiger partial charge in [-0.1, -0.05) is 0 Å². The molecule has 9 heavy (non-hydrogen) atoms. The van der Waals surface area contributed by atoms with E-state index in [0.29, 0.717) is 5.88 Å². The Bertz CT molecular complexity index is 187. The molecule has 0 aliphatic heterocycles. The molecule has 0 radical (unpaired) electrons. The Hall–Kier alpha value is -0.0900. The zero-order chi connectivity index (χ0) is 6.69. The van der Waals surface area contributed by atoms with E-state index in [-0.39, 0.29) is 0 Å². The molecule has 1 heterocycles. The van der Waals surface area contributed by atoms with Gasteiger partial charge in [-0.2, -0.15) is 0 Å². The summed E-state index contributed by atoms with van der Waals surface area (Å²) in [4.78, 5) is 3.88. The fraction of sp³-hybridized carbons (Fsp3) is 0. The first-order chi connectivity index (χ1) is 4.33. The zero-order valence-electron chi connectivity index (χ0n) is 4.34. The summed E-state index contributed by atoms with van der Waals surface area (Å²) < 4.78 is 5.59.